The van der Waals surface area contributed by atoms with Crippen molar-refractivity contribution in [3.63, 3.8) is 0 Å². The minimum absolute atomic E-state index is 0.329. The molecular weight excluding hydrogens is 264 g/mol. The fourth-order valence-corrected chi connectivity index (χ4v) is 2.96. The molecule has 4 heteroatoms. The van der Waals surface area contributed by atoms with Crippen LogP contribution in [0, 0.1) is 11.8 Å². The molecule has 0 radical (unpaired) electrons. The first-order valence-corrected chi connectivity index (χ1v) is 8.48. The third-order valence-corrected chi connectivity index (χ3v) is 4.18. The maximum atomic E-state index is 11.5. The van der Waals surface area contributed by atoms with E-state index in [1.807, 2.05) is 20.8 Å². The van der Waals surface area contributed by atoms with E-state index in [1.165, 1.54) is 32.1 Å². The van der Waals surface area contributed by atoms with Crippen LogP contribution in [0.3, 0.4) is 0 Å². The Hall–Kier alpha value is -0.770. The normalized spacial score (nSPS) is 23.7. The van der Waals surface area contributed by atoms with Gasteiger partial charge in [0.25, 0.3) is 0 Å². The number of carbonyl (C=O) groups is 1. The lowest BCUT2D eigenvalue weighted by molar-refractivity contribution is 0.0528. The highest BCUT2D eigenvalue weighted by atomic mass is 16.6. The summed E-state index contributed by atoms with van der Waals surface area (Å²) in [6.07, 6.45) is 6.20. The van der Waals surface area contributed by atoms with Crippen LogP contribution in [0.2, 0.25) is 0 Å². The molecule has 1 amide bonds. The second kappa shape index (κ2) is 8.62. The lowest BCUT2D eigenvalue weighted by Gasteiger charge is -2.21. The highest BCUT2D eigenvalue weighted by molar-refractivity contribution is 5.67. The zero-order valence-electron chi connectivity index (χ0n) is 14.5. The zero-order valence-corrected chi connectivity index (χ0v) is 14.5. The zero-order chi connectivity index (χ0) is 15.9. The van der Waals surface area contributed by atoms with E-state index < -0.39 is 5.60 Å². The fraction of sp³-hybridized carbons (Fsp3) is 0.941. The Bertz CT molecular complexity index is 310. The van der Waals surface area contributed by atoms with E-state index in [1.54, 1.807) is 0 Å². The van der Waals surface area contributed by atoms with E-state index in [0.29, 0.717) is 12.6 Å². The summed E-state index contributed by atoms with van der Waals surface area (Å²) < 4.78 is 5.21. The quantitative estimate of drug-likeness (QED) is 0.601. The molecule has 124 valence electrons. The van der Waals surface area contributed by atoms with E-state index in [9.17, 15) is 4.79 Å². The number of hydrogen-bond acceptors (Lipinski definition) is 3. The predicted octanol–water partition coefficient (Wildman–Crippen LogP) is 3.71. The number of amides is 1. The van der Waals surface area contributed by atoms with E-state index >= 15 is 0 Å². The van der Waals surface area contributed by atoms with E-state index in [-0.39, 0.29) is 6.09 Å². The van der Waals surface area contributed by atoms with Gasteiger partial charge in [-0.05, 0) is 51.9 Å². The number of alkyl carbamates (subject to hydrolysis) is 1. The van der Waals surface area contributed by atoms with E-state index in [0.717, 1.165) is 18.4 Å². The molecular formula is C17H34N2O2. The molecule has 2 unspecified atom stereocenters. The molecule has 1 rings (SSSR count). The second-order valence-electron chi connectivity index (χ2n) is 7.59. The van der Waals surface area contributed by atoms with Gasteiger partial charge in [-0.3, -0.25) is 0 Å². The molecule has 0 saturated heterocycles. The maximum Gasteiger partial charge on any atom is 0.407 e. The number of nitrogens with one attached hydrogen (secondary N) is 2. The van der Waals surface area contributed by atoms with Crippen LogP contribution in [0.5, 0.6) is 0 Å². The molecule has 1 aliphatic carbocycles. The van der Waals surface area contributed by atoms with Crippen molar-refractivity contribution in [1.82, 2.24) is 10.6 Å². The van der Waals surface area contributed by atoms with Gasteiger partial charge in [0.05, 0.1) is 0 Å². The Labute approximate surface area is 130 Å². The van der Waals surface area contributed by atoms with Gasteiger partial charge >= 0.3 is 6.09 Å². The minimum atomic E-state index is -0.426. The Morgan fingerprint density at radius 2 is 1.86 bits per heavy atom. The molecule has 21 heavy (non-hydrogen) atoms. The lowest BCUT2D eigenvalue weighted by atomic mass is 9.89. The highest BCUT2D eigenvalue weighted by Gasteiger charge is 2.20. The van der Waals surface area contributed by atoms with Gasteiger partial charge in [0.2, 0.25) is 0 Å². The summed E-state index contributed by atoms with van der Waals surface area (Å²) in [6.45, 7) is 11.7. The number of hydrogen-bond donors (Lipinski definition) is 2. The predicted molar refractivity (Wildman–Crippen MR) is 87.4 cm³/mol. The van der Waals surface area contributed by atoms with Gasteiger partial charge < -0.3 is 15.4 Å². The molecule has 1 fully saturated rings. The van der Waals surface area contributed by atoms with Crippen molar-refractivity contribution in [2.45, 2.75) is 78.4 Å². The van der Waals surface area contributed by atoms with Crippen molar-refractivity contribution in [2.75, 3.05) is 13.1 Å². The molecule has 0 heterocycles. The van der Waals surface area contributed by atoms with Crippen molar-refractivity contribution >= 4 is 6.09 Å². The molecule has 0 bridgehead atoms. The molecule has 2 atom stereocenters. The van der Waals surface area contributed by atoms with Crippen LogP contribution in [0.15, 0.2) is 0 Å². The maximum absolute atomic E-state index is 11.5. The van der Waals surface area contributed by atoms with Crippen LogP contribution in [-0.4, -0.2) is 30.8 Å². The van der Waals surface area contributed by atoms with Gasteiger partial charge in [-0.15, -0.1) is 0 Å². The monoisotopic (exact) mass is 298 g/mol. The third kappa shape index (κ3) is 8.30. The molecule has 0 aliphatic heterocycles. The summed E-state index contributed by atoms with van der Waals surface area (Å²) in [7, 11) is 0. The van der Waals surface area contributed by atoms with Gasteiger partial charge in [0, 0.05) is 19.1 Å². The first-order chi connectivity index (χ1) is 9.78. The Kier molecular flexibility index (Phi) is 7.50. The van der Waals surface area contributed by atoms with Crippen molar-refractivity contribution in [3.8, 4) is 0 Å². The average molecular weight is 298 g/mol. The molecule has 0 aromatic rings. The SMILES string of the molecule is CC(C)C1CCCC(NCCNC(=O)OC(C)(C)C)CC1. The van der Waals surface area contributed by atoms with Crippen molar-refractivity contribution in [1.29, 1.82) is 0 Å². The molecule has 0 spiro atoms. The first kappa shape index (κ1) is 18.3. The van der Waals surface area contributed by atoms with Crippen LogP contribution in [0.4, 0.5) is 4.79 Å². The van der Waals surface area contributed by atoms with Crippen LogP contribution < -0.4 is 10.6 Å². The van der Waals surface area contributed by atoms with Gasteiger partial charge in [0.15, 0.2) is 0 Å². The molecule has 0 aromatic carbocycles. The Morgan fingerprint density at radius 3 is 2.48 bits per heavy atom. The summed E-state index contributed by atoms with van der Waals surface area (Å²) >= 11 is 0. The van der Waals surface area contributed by atoms with Crippen LogP contribution >= 0.6 is 0 Å². The highest BCUT2D eigenvalue weighted by Crippen LogP contribution is 2.28. The summed E-state index contributed by atoms with van der Waals surface area (Å²) in [5.74, 6) is 1.69. The van der Waals surface area contributed by atoms with Crippen molar-refractivity contribution in [2.24, 2.45) is 11.8 Å². The molecule has 2 N–H and O–H groups in total. The van der Waals surface area contributed by atoms with Gasteiger partial charge in [-0.1, -0.05) is 26.7 Å². The van der Waals surface area contributed by atoms with Gasteiger partial charge in [0.1, 0.15) is 5.60 Å². The fourth-order valence-electron chi connectivity index (χ4n) is 2.96. The largest absolute Gasteiger partial charge is 0.444 e. The molecule has 1 aliphatic rings. The first-order valence-electron chi connectivity index (χ1n) is 8.48. The summed E-state index contributed by atoms with van der Waals surface area (Å²) in [4.78, 5) is 11.5. The standard InChI is InChI=1S/C17H34N2O2/c1-13(2)14-7-6-8-15(10-9-14)18-11-12-19-16(20)21-17(3,4)5/h13-15,18H,6-12H2,1-5H3,(H,19,20). The Morgan fingerprint density at radius 1 is 1.14 bits per heavy atom. The number of rotatable bonds is 5. The molecule has 0 aromatic heterocycles. The number of carbonyl (C=O) groups excluding carboxylic acids is 1. The van der Waals surface area contributed by atoms with Gasteiger partial charge in [-0.2, -0.15) is 0 Å². The van der Waals surface area contributed by atoms with Crippen LogP contribution in [-0.2, 0) is 4.74 Å². The topological polar surface area (TPSA) is 50.4 Å². The number of ether oxygens (including phenoxy) is 1. The summed E-state index contributed by atoms with van der Waals surface area (Å²) in [5, 5.41) is 6.37. The van der Waals surface area contributed by atoms with E-state index in [2.05, 4.69) is 24.5 Å². The smallest absolute Gasteiger partial charge is 0.407 e. The van der Waals surface area contributed by atoms with Crippen LogP contribution in [0.25, 0.3) is 0 Å². The van der Waals surface area contributed by atoms with E-state index in [4.69, 9.17) is 4.74 Å². The Balaban J connectivity index is 2.14. The van der Waals surface area contributed by atoms with Crippen LogP contribution in [0.1, 0.15) is 66.7 Å². The van der Waals surface area contributed by atoms with Crippen molar-refractivity contribution < 1.29 is 9.53 Å². The molecule has 4 nitrogen and oxygen atoms in total. The summed E-state index contributed by atoms with van der Waals surface area (Å²) in [5.41, 5.74) is -0.426. The van der Waals surface area contributed by atoms with Crippen molar-refractivity contribution in [3.05, 3.63) is 0 Å². The molecule has 1 saturated carbocycles. The summed E-state index contributed by atoms with van der Waals surface area (Å²) in [6, 6.07) is 0.606. The minimum Gasteiger partial charge on any atom is -0.444 e. The third-order valence-electron chi connectivity index (χ3n) is 4.18. The van der Waals surface area contributed by atoms with Gasteiger partial charge in [-0.25, -0.2) is 4.79 Å². The lowest BCUT2D eigenvalue weighted by Crippen LogP contribution is -2.39. The average Bonchev–Trinajstić information content (AvgIpc) is 2.58. The second-order valence-corrected chi connectivity index (χ2v) is 7.59.